The van der Waals surface area contributed by atoms with E-state index in [0.717, 1.165) is 23.4 Å². The number of rotatable bonds is 17. The number of carbonyl (C=O) groups excluding carboxylic acids is 4. The van der Waals surface area contributed by atoms with E-state index >= 15 is 0 Å². The molecule has 1 aromatic carbocycles. The monoisotopic (exact) mass is 682 g/mol. The Morgan fingerprint density at radius 1 is 1.06 bits per heavy atom. The summed E-state index contributed by atoms with van der Waals surface area (Å²) in [6.07, 6.45) is 6.24. The van der Waals surface area contributed by atoms with Crippen LogP contribution in [0.15, 0.2) is 47.7 Å². The smallest absolute Gasteiger partial charge is 0.246 e. The van der Waals surface area contributed by atoms with Crippen LogP contribution in [0.3, 0.4) is 0 Å². The third-order valence-electron chi connectivity index (χ3n) is 9.39. The van der Waals surface area contributed by atoms with Gasteiger partial charge in [-0.15, -0.1) is 11.3 Å². The molecule has 0 spiro atoms. The highest BCUT2D eigenvalue weighted by Gasteiger charge is 2.42. The predicted molar refractivity (Wildman–Crippen MR) is 188 cm³/mol. The van der Waals surface area contributed by atoms with Crippen LogP contribution >= 0.6 is 11.3 Å². The number of carbonyl (C=O) groups is 4. The summed E-state index contributed by atoms with van der Waals surface area (Å²) in [6.45, 7) is 10.3. The zero-order chi connectivity index (χ0) is 35.5. The molecule has 0 bridgehead atoms. The summed E-state index contributed by atoms with van der Waals surface area (Å²) >= 11 is 1.54. The average Bonchev–Trinajstić information content (AvgIpc) is 3.79. The van der Waals surface area contributed by atoms with Crippen molar-refractivity contribution in [1.29, 1.82) is 0 Å². The molecule has 1 fully saturated rings. The third-order valence-corrected chi connectivity index (χ3v) is 10.3. The molecule has 0 N–H and O–H groups in total. The Labute approximate surface area is 290 Å². The third kappa shape index (κ3) is 9.90. The van der Waals surface area contributed by atoms with Crippen molar-refractivity contribution in [3.63, 3.8) is 0 Å². The van der Waals surface area contributed by atoms with Crippen molar-refractivity contribution in [2.24, 2.45) is 17.8 Å². The van der Waals surface area contributed by atoms with E-state index in [9.17, 15) is 19.2 Å². The average molecular weight is 683 g/mol. The molecule has 1 saturated heterocycles. The zero-order valence-corrected chi connectivity index (χ0v) is 30.9. The van der Waals surface area contributed by atoms with Crippen LogP contribution < -0.4 is 4.74 Å². The quantitative estimate of drug-likeness (QED) is 0.150. The van der Waals surface area contributed by atoms with Gasteiger partial charge in [-0.2, -0.15) is 0 Å². The molecular formula is C37H54N4O6S. The van der Waals surface area contributed by atoms with Gasteiger partial charge in [0.25, 0.3) is 0 Å². The van der Waals surface area contributed by atoms with E-state index in [0.29, 0.717) is 37.3 Å². The molecule has 2 aromatic rings. The van der Waals surface area contributed by atoms with Gasteiger partial charge in [0.2, 0.25) is 17.7 Å². The van der Waals surface area contributed by atoms with Crippen molar-refractivity contribution in [2.75, 3.05) is 34.9 Å². The number of ether oxygens (including phenoxy) is 2. The Morgan fingerprint density at radius 2 is 1.75 bits per heavy atom. The topological polar surface area (TPSA) is 109 Å². The molecule has 1 aromatic heterocycles. The van der Waals surface area contributed by atoms with Crippen LogP contribution in [0, 0.1) is 17.8 Å². The van der Waals surface area contributed by atoms with Gasteiger partial charge in [-0.1, -0.05) is 46.2 Å². The maximum Gasteiger partial charge on any atom is 0.246 e. The number of hydrogen-bond acceptors (Lipinski definition) is 8. The van der Waals surface area contributed by atoms with Crippen molar-refractivity contribution in [1.82, 2.24) is 19.7 Å². The first-order chi connectivity index (χ1) is 22.8. The second-order valence-electron chi connectivity index (χ2n) is 13.3. The van der Waals surface area contributed by atoms with E-state index in [-0.39, 0.29) is 47.8 Å². The van der Waals surface area contributed by atoms with Crippen molar-refractivity contribution in [3.05, 3.63) is 58.2 Å². The van der Waals surface area contributed by atoms with Gasteiger partial charge in [0.15, 0.2) is 5.78 Å². The molecule has 10 nitrogen and oxygen atoms in total. The fraction of sp³-hybridized carbons (Fsp3) is 0.595. The minimum Gasteiger partial charge on any atom is -0.501 e. The number of thiazole rings is 1. The maximum absolute atomic E-state index is 14.5. The second kappa shape index (κ2) is 18.1. The summed E-state index contributed by atoms with van der Waals surface area (Å²) in [5, 5.41) is 2.83. The van der Waals surface area contributed by atoms with Crippen LogP contribution in [0.5, 0.6) is 5.75 Å². The summed E-state index contributed by atoms with van der Waals surface area (Å²) in [6, 6.07) is 5.79. The Morgan fingerprint density at radius 3 is 2.31 bits per heavy atom. The number of methoxy groups -OCH3 is 2. The minimum absolute atomic E-state index is 0.0462. The molecule has 0 saturated carbocycles. The minimum atomic E-state index is -0.820. The van der Waals surface area contributed by atoms with E-state index in [1.54, 1.807) is 50.6 Å². The van der Waals surface area contributed by atoms with Crippen LogP contribution in [0.2, 0.25) is 0 Å². The zero-order valence-electron chi connectivity index (χ0n) is 30.1. The van der Waals surface area contributed by atoms with E-state index in [1.807, 2.05) is 62.2 Å². The Bertz CT molecular complexity index is 1390. The molecule has 5 unspecified atom stereocenters. The van der Waals surface area contributed by atoms with Crippen LogP contribution in [0.4, 0.5) is 0 Å². The maximum atomic E-state index is 14.5. The Balaban J connectivity index is 1.93. The lowest BCUT2D eigenvalue weighted by Gasteiger charge is -2.40. The number of amides is 3. The summed E-state index contributed by atoms with van der Waals surface area (Å²) in [4.78, 5) is 65.7. The number of nitrogens with zero attached hydrogens (tertiary/aromatic N) is 4. The standard InChI is InChI=1S/C37H54N4O6S/c1-10-25(4)33(37(45)41-18-11-12-31(41)34-38-17-19-48-34)40(7)36(44)32(20-24(2)3)39(6)35(43)28(23-29(42)21-26(5)46-8)22-27-13-15-30(47-9)16-14-27/h13-17,19,21,24-25,28,31-33H,10-12,18,20,22-23H2,1-9H3. The van der Waals surface area contributed by atoms with Gasteiger partial charge in [0.1, 0.15) is 22.8 Å². The SMILES string of the molecule is CCC(C)C(C(=O)N1CCCC1c1nccs1)N(C)C(=O)C(CC(C)C)N(C)C(=O)C(CC(=O)C=C(C)OC)Cc1ccc(OC)cc1. The number of hydrogen-bond donors (Lipinski definition) is 0. The van der Waals surface area contributed by atoms with Crippen LogP contribution in [-0.4, -0.2) is 90.1 Å². The fourth-order valence-electron chi connectivity index (χ4n) is 6.44. The number of allylic oxidation sites excluding steroid dienone is 2. The van der Waals surface area contributed by atoms with E-state index in [2.05, 4.69) is 4.98 Å². The molecule has 0 radical (unpaired) electrons. The van der Waals surface area contributed by atoms with Gasteiger partial charge in [0.05, 0.1) is 26.0 Å². The van der Waals surface area contributed by atoms with E-state index in [1.165, 1.54) is 18.1 Å². The largest absolute Gasteiger partial charge is 0.501 e. The lowest BCUT2D eigenvalue weighted by atomic mass is 9.90. The number of likely N-dealkylation sites (N-methyl/N-ethyl adjacent to an activating group) is 2. The molecule has 11 heteroatoms. The number of ketones is 1. The number of likely N-dealkylation sites (tertiary alicyclic amines) is 1. The van der Waals surface area contributed by atoms with Crippen LogP contribution in [-0.2, 0) is 30.3 Å². The molecule has 48 heavy (non-hydrogen) atoms. The van der Waals surface area contributed by atoms with Crippen molar-refractivity contribution in [3.8, 4) is 5.75 Å². The molecule has 264 valence electrons. The predicted octanol–water partition coefficient (Wildman–Crippen LogP) is 5.93. The molecule has 5 atom stereocenters. The van der Waals surface area contributed by atoms with Gasteiger partial charge in [0, 0.05) is 50.6 Å². The lowest BCUT2D eigenvalue weighted by molar-refractivity contribution is -0.153. The molecular weight excluding hydrogens is 628 g/mol. The first-order valence-corrected chi connectivity index (χ1v) is 17.8. The molecule has 0 aliphatic carbocycles. The Kier molecular flexibility index (Phi) is 14.6. The van der Waals surface area contributed by atoms with Crippen molar-refractivity contribution < 1.29 is 28.7 Å². The van der Waals surface area contributed by atoms with Crippen LogP contribution in [0.25, 0.3) is 0 Å². The highest BCUT2D eigenvalue weighted by Crippen LogP contribution is 2.35. The molecule has 3 rings (SSSR count). The van der Waals surface area contributed by atoms with Gasteiger partial charge in [-0.3, -0.25) is 19.2 Å². The number of aromatic nitrogens is 1. The summed E-state index contributed by atoms with van der Waals surface area (Å²) in [5.74, 6) is -0.508. The van der Waals surface area contributed by atoms with Gasteiger partial charge in [-0.25, -0.2) is 4.98 Å². The first-order valence-electron chi connectivity index (χ1n) is 16.9. The van der Waals surface area contributed by atoms with Gasteiger partial charge >= 0.3 is 0 Å². The summed E-state index contributed by atoms with van der Waals surface area (Å²) < 4.78 is 10.5. The van der Waals surface area contributed by atoms with Crippen molar-refractivity contribution >= 4 is 34.8 Å². The van der Waals surface area contributed by atoms with Gasteiger partial charge in [-0.05, 0) is 62.1 Å². The highest BCUT2D eigenvalue weighted by molar-refractivity contribution is 7.09. The lowest BCUT2D eigenvalue weighted by Crippen LogP contribution is -2.57. The van der Waals surface area contributed by atoms with Gasteiger partial charge < -0.3 is 24.2 Å². The summed E-state index contributed by atoms with van der Waals surface area (Å²) in [7, 11) is 6.41. The fourth-order valence-corrected chi connectivity index (χ4v) is 7.22. The normalized spacial score (nSPS) is 17.4. The molecule has 2 heterocycles. The Hall–Kier alpha value is -3.73. The molecule has 1 aliphatic heterocycles. The summed E-state index contributed by atoms with van der Waals surface area (Å²) in [5.41, 5.74) is 0.870. The second-order valence-corrected chi connectivity index (χ2v) is 14.2. The van der Waals surface area contributed by atoms with Crippen LogP contribution in [0.1, 0.15) is 83.3 Å². The van der Waals surface area contributed by atoms with E-state index < -0.39 is 18.0 Å². The molecule has 1 aliphatic rings. The first kappa shape index (κ1) is 38.7. The highest BCUT2D eigenvalue weighted by atomic mass is 32.1. The molecule has 3 amide bonds. The van der Waals surface area contributed by atoms with Crippen molar-refractivity contribution in [2.45, 2.75) is 91.3 Å². The van der Waals surface area contributed by atoms with E-state index in [4.69, 9.17) is 9.47 Å². The number of benzene rings is 1.